The van der Waals surface area contributed by atoms with Crippen LogP contribution in [-0.2, 0) is 17.8 Å². The Bertz CT molecular complexity index is 803. The summed E-state index contributed by atoms with van der Waals surface area (Å²) in [4.78, 5) is 34.1. The van der Waals surface area contributed by atoms with Gasteiger partial charge in [-0.05, 0) is 37.0 Å². The molecule has 0 spiro atoms. The lowest BCUT2D eigenvalue weighted by molar-refractivity contribution is -0.140. The second-order valence-corrected chi connectivity index (χ2v) is 8.25. The van der Waals surface area contributed by atoms with E-state index in [1.807, 2.05) is 39.4 Å². The number of fused-ring (bicyclic) bond motifs is 4. The number of piperidine rings is 1. The molecule has 0 aliphatic carbocycles. The van der Waals surface area contributed by atoms with Gasteiger partial charge in [-0.25, -0.2) is 4.98 Å². The summed E-state index contributed by atoms with van der Waals surface area (Å²) in [7, 11) is 0. The van der Waals surface area contributed by atoms with Gasteiger partial charge in [0, 0.05) is 30.1 Å². The fourth-order valence-electron chi connectivity index (χ4n) is 4.19. The van der Waals surface area contributed by atoms with Crippen LogP contribution in [0.2, 0.25) is 0 Å². The van der Waals surface area contributed by atoms with Crippen molar-refractivity contribution in [3.05, 3.63) is 52.0 Å². The van der Waals surface area contributed by atoms with Gasteiger partial charge >= 0.3 is 0 Å². The van der Waals surface area contributed by atoms with Crippen LogP contribution in [-0.4, -0.2) is 45.7 Å². The summed E-state index contributed by atoms with van der Waals surface area (Å²) < 4.78 is 0. The standard InChI is InChI=1S/C21H25N3O2S/c1-2-3-15-4-6-16(7-5-15)20(25)23-10-17-8-9-19(12-23)24(21(17)26)11-18-13-27-14-22-18/h4-7,13-14,17,19H,2-3,8-12H2,1H3/t17-,19+/m1/s1. The quantitative estimate of drug-likeness (QED) is 0.796. The SMILES string of the molecule is CCCc1ccc(C(=O)N2C[C@H]3CC[C@@H](C2)N(Cc2cscn2)C3=O)cc1. The number of carbonyl (C=O) groups is 2. The van der Waals surface area contributed by atoms with Crippen molar-refractivity contribution in [2.24, 2.45) is 5.92 Å². The molecule has 0 saturated carbocycles. The second kappa shape index (κ2) is 7.80. The molecule has 3 saturated heterocycles. The molecule has 4 heterocycles. The van der Waals surface area contributed by atoms with Gasteiger partial charge in [0.15, 0.2) is 0 Å². The van der Waals surface area contributed by atoms with Crippen LogP contribution in [0.25, 0.3) is 0 Å². The van der Waals surface area contributed by atoms with Crippen molar-refractivity contribution in [3.8, 4) is 0 Å². The average Bonchev–Trinajstić information content (AvgIpc) is 3.05. The first-order valence-electron chi connectivity index (χ1n) is 9.71. The van der Waals surface area contributed by atoms with Crippen LogP contribution in [0.4, 0.5) is 0 Å². The van der Waals surface area contributed by atoms with Crippen LogP contribution < -0.4 is 0 Å². The lowest BCUT2D eigenvalue weighted by Crippen LogP contribution is -2.47. The molecule has 27 heavy (non-hydrogen) atoms. The van der Waals surface area contributed by atoms with E-state index in [0.29, 0.717) is 19.6 Å². The molecule has 0 N–H and O–H groups in total. The van der Waals surface area contributed by atoms with Crippen molar-refractivity contribution < 1.29 is 9.59 Å². The molecule has 1 aromatic carbocycles. The van der Waals surface area contributed by atoms with E-state index in [1.165, 1.54) is 5.56 Å². The molecule has 2 amide bonds. The number of thiazole rings is 1. The lowest BCUT2D eigenvalue weighted by atomic mass is 9.94. The van der Waals surface area contributed by atoms with Crippen molar-refractivity contribution in [3.63, 3.8) is 0 Å². The van der Waals surface area contributed by atoms with Gasteiger partial charge in [-0.15, -0.1) is 11.3 Å². The Morgan fingerprint density at radius 3 is 2.74 bits per heavy atom. The summed E-state index contributed by atoms with van der Waals surface area (Å²) in [5.41, 5.74) is 4.71. The first-order valence-corrected chi connectivity index (χ1v) is 10.7. The van der Waals surface area contributed by atoms with Gasteiger partial charge < -0.3 is 9.80 Å². The summed E-state index contributed by atoms with van der Waals surface area (Å²) in [6.45, 7) is 3.85. The zero-order chi connectivity index (χ0) is 18.8. The largest absolute Gasteiger partial charge is 0.336 e. The van der Waals surface area contributed by atoms with Gasteiger partial charge in [0.05, 0.1) is 23.7 Å². The number of amides is 2. The van der Waals surface area contributed by atoms with Crippen LogP contribution in [0.5, 0.6) is 0 Å². The molecule has 5 rings (SSSR count). The number of rotatable bonds is 5. The molecule has 0 unspecified atom stereocenters. The monoisotopic (exact) mass is 383 g/mol. The Morgan fingerprint density at radius 1 is 1.22 bits per heavy atom. The zero-order valence-electron chi connectivity index (χ0n) is 15.6. The van der Waals surface area contributed by atoms with E-state index in [0.717, 1.165) is 36.9 Å². The third kappa shape index (κ3) is 3.76. The number of aryl methyl sites for hydroxylation is 1. The summed E-state index contributed by atoms with van der Waals surface area (Å²) in [5.74, 6) is 0.122. The molecule has 3 aliphatic rings. The third-order valence-corrected chi connectivity index (χ3v) is 6.27. The lowest BCUT2D eigenvalue weighted by Gasteiger charge is -2.35. The van der Waals surface area contributed by atoms with Crippen molar-refractivity contribution in [2.75, 3.05) is 13.1 Å². The van der Waals surface area contributed by atoms with Crippen LogP contribution in [0, 0.1) is 5.92 Å². The second-order valence-electron chi connectivity index (χ2n) is 7.53. The highest BCUT2D eigenvalue weighted by molar-refractivity contribution is 7.07. The predicted molar refractivity (Wildman–Crippen MR) is 106 cm³/mol. The number of nitrogens with zero attached hydrogens (tertiary/aromatic N) is 3. The Balaban J connectivity index is 1.50. The summed E-state index contributed by atoms with van der Waals surface area (Å²) in [6.07, 6.45) is 3.96. The number of hydrogen-bond donors (Lipinski definition) is 0. The minimum atomic E-state index is -0.0919. The maximum Gasteiger partial charge on any atom is 0.253 e. The Kier molecular flexibility index (Phi) is 5.25. The van der Waals surface area contributed by atoms with Crippen molar-refractivity contribution in [1.82, 2.24) is 14.8 Å². The van der Waals surface area contributed by atoms with E-state index in [9.17, 15) is 9.59 Å². The highest BCUT2D eigenvalue weighted by Crippen LogP contribution is 2.31. The molecular weight excluding hydrogens is 358 g/mol. The maximum absolute atomic E-state index is 13.1. The van der Waals surface area contributed by atoms with Crippen LogP contribution in [0.1, 0.15) is 47.8 Å². The predicted octanol–water partition coefficient (Wildman–Crippen LogP) is 3.36. The van der Waals surface area contributed by atoms with Gasteiger partial charge in [-0.2, -0.15) is 0 Å². The van der Waals surface area contributed by atoms with Crippen molar-refractivity contribution >= 4 is 23.2 Å². The van der Waals surface area contributed by atoms with Crippen LogP contribution in [0.15, 0.2) is 35.2 Å². The highest BCUT2D eigenvalue weighted by atomic mass is 32.1. The fourth-order valence-corrected chi connectivity index (χ4v) is 4.74. The van der Waals surface area contributed by atoms with Gasteiger partial charge in [0.2, 0.25) is 5.91 Å². The van der Waals surface area contributed by atoms with Crippen molar-refractivity contribution in [2.45, 2.75) is 45.2 Å². The van der Waals surface area contributed by atoms with Gasteiger partial charge in [-0.3, -0.25) is 9.59 Å². The average molecular weight is 384 g/mol. The molecule has 5 nitrogen and oxygen atoms in total. The zero-order valence-corrected chi connectivity index (χ0v) is 16.5. The van der Waals surface area contributed by atoms with E-state index in [1.54, 1.807) is 16.8 Å². The van der Waals surface area contributed by atoms with Gasteiger partial charge in [-0.1, -0.05) is 25.5 Å². The van der Waals surface area contributed by atoms with Gasteiger partial charge in [0.1, 0.15) is 0 Å². The minimum Gasteiger partial charge on any atom is -0.336 e. The smallest absolute Gasteiger partial charge is 0.253 e. The van der Waals surface area contributed by atoms with E-state index >= 15 is 0 Å². The normalized spacial score (nSPS) is 22.2. The molecule has 6 heteroatoms. The van der Waals surface area contributed by atoms with Gasteiger partial charge in [0.25, 0.3) is 5.91 Å². The van der Waals surface area contributed by atoms with Crippen molar-refractivity contribution in [1.29, 1.82) is 0 Å². The molecule has 2 aromatic rings. The van der Waals surface area contributed by atoms with E-state index < -0.39 is 0 Å². The molecule has 1 aromatic heterocycles. The number of hydrogen-bond acceptors (Lipinski definition) is 4. The summed E-state index contributed by atoms with van der Waals surface area (Å²) in [6, 6.07) is 8.02. The molecular formula is C21H25N3O2S. The Labute approximate surface area is 164 Å². The Morgan fingerprint density at radius 2 is 2.04 bits per heavy atom. The first-order chi connectivity index (χ1) is 13.2. The summed E-state index contributed by atoms with van der Waals surface area (Å²) >= 11 is 1.55. The molecule has 0 radical (unpaired) electrons. The number of carbonyl (C=O) groups excluding carboxylic acids is 2. The van der Waals surface area contributed by atoms with E-state index in [4.69, 9.17) is 0 Å². The Hall–Kier alpha value is -2.21. The number of benzene rings is 1. The first kappa shape index (κ1) is 18.2. The van der Waals surface area contributed by atoms with E-state index in [2.05, 4.69) is 11.9 Å². The minimum absolute atomic E-state index is 0.0401. The highest BCUT2D eigenvalue weighted by Gasteiger charge is 2.42. The maximum atomic E-state index is 13.1. The molecule has 3 fully saturated rings. The topological polar surface area (TPSA) is 53.5 Å². The molecule has 2 atom stereocenters. The van der Waals surface area contributed by atoms with E-state index in [-0.39, 0.29) is 23.8 Å². The fraction of sp³-hybridized carbons (Fsp3) is 0.476. The molecule has 2 bridgehead atoms. The van der Waals surface area contributed by atoms with Crippen LogP contribution >= 0.6 is 11.3 Å². The third-order valence-electron chi connectivity index (χ3n) is 5.64. The molecule has 3 aliphatic heterocycles. The number of aromatic nitrogens is 1. The molecule has 142 valence electrons. The summed E-state index contributed by atoms with van der Waals surface area (Å²) in [5, 5.41) is 1.99. The van der Waals surface area contributed by atoms with Crippen LogP contribution in [0.3, 0.4) is 0 Å².